The van der Waals surface area contributed by atoms with E-state index in [1.165, 1.54) is 11.1 Å². The van der Waals surface area contributed by atoms with Gasteiger partial charge in [0.1, 0.15) is 5.82 Å². The number of rotatable bonds is 4. The molecule has 0 nitrogen and oxygen atoms in total. The Morgan fingerprint density at radius 3 is 2.54 bits per heavy atom. The Labute approximate surface area is 150 Å². The number of halogens is 1. The number of hydrogen-bond acceptors (Lipinski definition) is 1. The number of allylic oxidation sites excluding steroid dienone is 2. The highest BCUT2D eigenvalue weighted by molar-refractivity contribution is 7.79. The molecule has 0 aliphatic heterocycles. The van der Waals surface area contributed by atoms with Crippen molar-refractivity contribution in [1.82, 2.24) is 0 Å². The minimum atomic E-state index is -0.0861. The van der Waals surface area contributed by atoms with Gasteiger partial charge in [0.15, 0.2) is 0 Å². The summed E-state index contributed by atoms with van der Waals surface area (Å²) in [5.41, 5.74) is 5.37. The summed E-state index contributed by atoms with van der Waals surface area (Å²) in [5, 5.41) is 0. The van der Waals surface area contributed by atoms with Crippen molar-refractivity contribution in [2.45, 2.75) is 44.8 Å². The summed E-state index contributed by atoms with van der Waals surface area (Å²) in [5.74, 6) is 1.47. The van der Waals surface area contributed by atoms with Crippen LogP contribution in [0.4, 0.5) is 4.39 Å². The lowest BCUT2D eigenvalue weighted by molar-refractivity contribution is 0.524. The first-order chi connectivity index (χ1) is 11.6. The number of hydrogen-bond donors (Lipinski definition) is 1. The second-order valence-corrected chi connectivity index (χ2v) is 7.10. The smallest absolute Gasteiger partial charge is 0.127 e. The molecule has 0 radical (unpaired) electrons. The van der Waals surface area contributed by atoms with E-state index in [2.05, 4.69) is 62.9 Å². The van der Waals surface area contributed by atoms with Gasteiger partial charge in [0.2, 0.25) is 0 Å². The lowest BCUT2D eigenvalue weighted by Crippen LogP contribution is -2.06. The Balaban J connectivity index is 1.94. The standard InChI is InChI=1S/C22H25FS/c1-3-17-12-16(14-24)6-10-20(17)19-9-11-21(22(23)13-19)18-7-4-15(2)5-8-18/h4,6-7,9-13,15,18,24H,3,5,8,14H2,1-2H3. The zero-order valence-electron chi connectivity index (χ0n) is 14.4. The van der Waals surface area contributed by atoms with Crippen LogP contribution in [0.3, 0.4) is 0 Å². The largest absolute Gasteiger partial charge is 0.207 e. The van der Waals surface area contributed by atoms with Crippen molar-refractivity contribution in [3.63, 3.8) is 0 Å². The summed E-state index contributed by atoms with van der Waals surface area (Å²) >= 11 is 4.35. The molecule has 126 valence electrons. The predicted octanol–water partition coefficient (Wildman–Crippen LogP) is 6.55. The highest BCUT2D eigenvalue weighted by Gasteiger charge is 2.18. The molecule has 1 aliphatic carbocycles. The van der Waals surface area contributed by atoms with Gasteiger partial charge in [0.05, 0.1) is 0 Å². The Kier molecular flexibility index (Phi) is 5.45. The molecular formula is C22H25FS. The third kappa shape index (κ3) is 3.59. The predicted molar refractivity (Wildman–Crippen MR) is 104 cm³/mol. The van der Waals surface area contributed by atoms with Crippen molar-refractivity contribution in [2.75, 3.05) is 0 Å². The van der Waals surface area contributed by atoms with Crippen LogP contribution in [0.15, 0.2) is 48.6 Å². The minimum Gasteiger partial charge on any atom is -0.207 e. The van der Waals surface area contributed by atoms with E-state index >= 15 is 0 Å². The van der Waals surface area contributed by atoms with Gasteiger partial charge in [-0.05, 0) is 59.1 Å². The minimum absolute atomic E-state index is 0.0861. The van der Waals surface area contributed by atoms with Gasteiger partial charge >= 0.3 is 0 Å². The molecule has 1 aliphatic rings. The Hall–Kier alpha value is -1.54. The molecule has 0 saturated carbocycles. The van der Waals surface area contributed by atoms with Crippen molar-refractivity contribution in [3.8, 4) is 11.1 Å². The Morgan fingerprint density at radius 2 is 1.92 bits per heavy atom. The van der Waals surface area contributed by atoms with Crippen LogP contribution < -0.4 is 0 Å². The number of benzene rings is 2. The van der Waals surface area contributed by atoms with E-state index in [1.54, 1.807) is 6.07 Å². The van der Waals surface area contributed by atoms with Crippen molar-refractivity contribution in [1.29, 1.82) is 0 Å². The highest BCUT2D eigenvalue weighted by Crippen LogP contribution is 2.34. The third-order valence-corrected chi connectivity index (χ3v) is 5.41. The van der Waals surface area contributed by atoms with Crippen LogP contribution in [0.25, 0.3) is 11.1 Å². The van der Waals surface area contributed by atoms with E-state index in [-0.39, 0.29) is 11.7 Å². The van der Waals surface area contributed by atoms with Crippen molar-refractivity contribution < 1.29 is 4.39 Å². The summed E-state index contributed by atoms with van der Waals surface area (Å²) in [4.78, 5) is 0. The molecule has 2 aromatic rings. The molecule has 0 saturated heterocycles. The molecule has 0 heterocycles. The lowest BCUT2D eigenvalue weighted by Gasteiger charge is -2.21. The maximum atomic E-state index is 14.8. The average molecular weight is 341 g/mol. The van der Waals surface area contributed by atoms with Crippen molar-refractivity contribution in [2.24, 2.45) is 5.92 Å². The molecule has 0 aromatic heterocycles. The fourth-order valence-corrected chi connectivity index (χ4v) is 3.73. The van der Waals surface area contributed by atoms with Gasteiger partial charge in [-0.2, -0.15) is 12.6 Å². The molecule has 0 spiro atoms. The first kappa shape index (κ1) is 17.3. The SMILES string of the molecule is CCc1cc(CS)ccc1-c1ccc(C2C=CC(C)CC2)c(F)c1. The van der Waals surface area contributed by atoms with Gasteiger partial charge in [-0.25, -0.2) is 4.39 Å². The third-order valence-electron chi connectivity index (χ3n) is 5.05. The molecule has 2 atom stereocenters. The van der Waals surface area contributed by atoms with Gasteiger partial charge in [-0.3, -0.25) is 0 Å². The fourth-order valence-electron chi connectivity index (χ4n) is 3.53. The van der Waals surface area contributed by atoms with Gasteiger partial charge in [0, 0.05) is 11.7 Å². The molecule has 2 aromatic carbocycles. The highest BCUT2D eigenvalue weighted by atomic mass is 32.1. The maximum absolute atomic E-state index is 14.8. The summed E-state index contributed by atoms with van der Waals surface area (Å²) in [6, 6.07) is 12.1. The van der Waals surface area contributed by atoms with Gasteiger partial charge in [0.25, 0.3) is 0 Å². The quantitative estimate of drug-likeness (QED) is 0.473. The zero-order valence-corrected chi connectivity index (χ0v) is 15.3. The van der Waals surface area contributed by atoms with Crippen molar-refractivity contribution in [3.05, 3.63) is 71.1 Å². The Bertz CT molecular complexity index is 748. The van der Waals surface area contributed by atoms with Crippen LogP contribution in [0.2, 0.25) is 0 Å². The van der Waals surface area contributed by atoms with E-state index < -0.39 is 0 Å². The molecule has 0 bridgehead atoms. The van der Waals surface area contributed by atoms with Crippen LogP contribution in [0.5, 0.6) is 0 Å². The van der Waals surface area contributed by atoms with Crippen LogP contribution >= 0.6 is 12.6 Å². The summed E-state index contributed by atoms with van der Waals surface area (Å²) in [7, 11) is 0. The molecule has 0 fully saturated rings. The van der Waals surface area contributed by atoms with E-state index in [1.807, 2.05) is 6.07 Å². The number of aryl methyl sites for hydroxylation is 1. The fraction of sp³-hybridized carbons (Fsp3) is 0.364. The zero-order chi connectivity index (χ0) is 17.1. The van der Waals surface area contributed by atoms with E-state index in [0.717, 1.165) is 41.7 Å². The van der Waals surface area contributed by atoms with Gasteiger partial charge in [-0.15, -0.1) is 0 Å². The summed E-state index contributed by atoms with van der Waals surface area (Å²) in [6.45, 7) is 4.35. The second-order valence-electron chi connectivity index (χ2n) is 6.79. The van der Waals surface area contributed by atoms with Crippen LogP contribution in [-0.4, -0.2) is 0 Å². The molecule has 2 heteroatoms. The maximum Gasteiger partial charge on any atom is 0.127 e. The molecule has 24 heavy (non-hydrogen) atoms. The number of thiol groups is 1. The summed E-state index contributed by atoms with van der Waals surface area (Å²) < 4.78 is 14.8. The topological polar surface area (TPSA) is 0 Å². The Morgan fingerprint density at radius 1 is 1.08 bits per heavy atom. The van der Waals surface area contributed by atoms with E-state index in [9.17, 15) is 4.39 Å². The molecule has 3 rings (SSSR count). The molecule has 0 N–H and O–H groups in total. The van der Waals surface area contributed by atoms with Crippen LogP contribution in [-0.2, 0) is 12.2 Å². The van der Waals surface area contributed by atoms with Crippen LogP contribution in [0.1, 0.15) is 49.3 Å². The normalized spacial score (nSPS) is 20.3. The van der Waals surface area contributed by atoms with Gasteiger partial charge in [-0.1, -0.05) is 56.3 Å². The van der Waals surface area contributed by atoms with E-state index in [0.29, 0.717) is 5.92 Å². The van der Waals surface area contributed by atoms with Gasteiger partial charge < -0.3 is 0 Å². The van der Waals surface area contributed by atoms with E-state index in [4.69, 9.17) is 0 Å². The second kappa shape index (κ2) is 7.57. The summed E-state index contributed by atoms with van der Waals surface area (Å²) in [6.07, 6.45) is 7.49. The molecule has 2 unspecified atom stereocenters. The first-order valence-electron chi connectivity index (χ1n) is 8.83. The molecular weight excluding hydrogens is 315 g/mol. The average Bonchev–Trinajstić information content (AvgIpc) is 2.62. The first-order valence-corrected chi connectivity index (χ1v) is 9.46. The van der Waals surface area contributed by atoms with Crippen molar-refractivity contribution >= 4 is 12.6 Å². The lowest BCUT2D eigenvalue weighted by atomic mass is 9.84. The monoisotopic (exact) mass is 340 g/mol. The van der Waals surface area contributed by atoms with Crippen LogP contribution in [0, 0.1) is 11.7 Å². The molecule has 0 amide bonds.